The van der Waals surface area contributed by atoms with Crippen LogP contribution in [0, 0.1) is 11.8 Å². The van der Waals surface area contributed by atoms with Crippen molar-refractivity contribution in [1.29, 1.82) is 0 Å². The maximum absolute atomic E-state index is 11.3. The summed E-state index contributed by atoms with van der Waals surface area (Å²) >= 11 is 0. The molecule has 168 valence electrons. The number of carbonyl (C=O) groups is 2. The Morgan fingerprint density at radius 2 is 1.37 bits per heavy atom. The average molecular weight is 413 g/mol. The molecule has 0 aromatic heterocycles. The van der Waals surface area contributed by atoms with Crippen LogP contribution in [0.15, 0.2) is 46.6 Å². The molecular formula is C28H44O2. The summed E-state index contributed by atoms with van der Waals surface area (Å²) in [5.74, 6) is 1.33. The lowest BCUT2D eigenvalue weighted by Crippen LogP contribution is -2.14. The van der Waals surface area contributed by atoms with Gasteiger partial charge in [-0.15, -0.1) is 0 Å². The van der Waals surface area contributed by atoms with E-state index in [9.17, 15) is 9.59 Å². The minimum Gasteiger partial charge on any atom is -0.300 e. The maximum Gasteiger partial charge on any atom is 0.133 e. The van der Waals surface area contributed by atoms with Crippen molar-refractivity contribution in [3.63, 3.8) is 0 Å². The van der Waals surface area contributed by atoms with Crippen LogP contribution in [0.5, 0.6) is 0 Å². The topological polar surface area (TPSA) is 34.1 Å². The molecule has 0 heterocycles. The quantitative estimate of drug-likeness (QED) is 0.377. The monoisotopic (exact) mass is 412 g/mol. The third kappa shape index (κ3) is 11.5. The zero-order valence-corrected chi connectivity index (χ0v) is 20.4. The summed E-state index contributed by atoms with van der Waals surface area (Å²) < 4.78 is 0. The van der Waals surface area contributed by atoms with Gasteiger partial charge in [0, 0.05) is 11.8 Å². The summed E-state index contributed by atoms with van der Waals surface area (Å²) in [6.07, 6.45) is 20.1. The second-order valence-corrected chi connectivity index (χ2v) is 9.54. The van der Waals surface area contributed by atoms with Crippen molar-refractivity contribution in [2.24, 2.45) is 11.8 Å². The van der Waals surface area contributed by atoms with E-state index in [1.165, 1.54) is 23.1 Å². The van der Waals surface area contributed by atoms with Gasteiger partial charge in [0.2, 0.25) is 0 Å². The molecule has 0 amide bonds. The Hall–Kier alpha value is -1.70. The van der Waals surface area contributed by atoms with Gasteiger partial charge in [-0.25, -0.2) is 0 Å². The first-order valence-electron chi connectivity index (χ1n) is 11.8. The highest BCUT2D eigenvalue weighted by molar-refractivity contribution is 5.79. The third-order valence-corrected chi connectivity index (χ3v) is 6.15. The van der Waals surface area contributed by atoms with Crippen molar-refractivity contribution in [3.8, 4) is 0 Å². The summed E-state index contributed by atoms with van der Waals surface area (Å²) in [6, 6.07) is 0. The van der Waals surface area contributed by atoms with Crippen molar-refractivity contribution in [2.75, 3.05) is 0 Å². The zero-order valence-electron chi connectivity index (χ0n) is 20.4. The molecule has 2 heteroatoms. The van der Waals surface area contributed by atoms with E-state index in [2.05, 4.69) is 52.0 Å². The van der Waals surface area contributed by atoms with E-state index >= 15 is 0 Å². The molecular weight excluding hydrogens is 368 g/mol. The molecule has 0 bridgehead atoms. The standard InChI is InChI=1S/2C14H22O/c1-11(2)6-4-7-13-8-5-9-14(10-13)12(3)15;1-11(2)5-4-6-13-7-9-14(10-8-13)12(3)15/h6,8,14H,4-5,7,9-10H2,1-3H3;5,7,14H,4,6,8-10H2,1-3H3. The van der Waals surface area contributed by atoms with Crippen molar-refractivity contribution in [3.05, 3.63) is 46.6 Å². The molecule has 2 unspecified atom stereocenters. The van der Waals surface area contributed by atoms with Crippen LogP contribution in [0.2, 0.25) is 0 Å². The fraction of sp³-hybridized carbons (Fsp3) is 0.643. The lowest BCUT2D eigenvalue weighted by molar-refractivity contribution is -0.121. The number of allylic oxidation sites excluding steroid dienone is 8. The van der Waals surface area contributed by atoms with E-state index in [4.69, 9.17) is 0 Å². The van der Waals surface area contributed by atoms with E-state index in [-0.39, 0.29) is 0 Å². The minimum atomic E-state index is 0.303. The Morgan fingerprint density at radius 3 is 1.83 bits per heavy atom. The maximum atomic E-state index is 11.3. The average Bonchev–Trinajstić information content (AvgIpc) is 2.68. The second-order valence-electron chi connectivity index (χ2n) is 9.54. The number of Topliss-reactive ketones (excluding diaryl/α,β-unsaturated/α-hetero) is 2. The molecule has 0 aromatic carbocycles. The van der Waals surface area contributed by atoms with Gasteiger partial charge >= 0.3 is 0 Å². The van der Waals surface area contributed by atoms with Crippen LogP contribution in [0.1, 0.15) is 106 Å². The Bertz CT molecular complexity index is 679. The fourth-order valence-electron chi connectivity index (χ4n) is 4.12. The highest BCUT2D eigenvalue weighted by Crippen LogP contribution is 2.28. The van der Waals surface area contributed by atoms with E-state index in [1.807, 2.05) is 0 Å². The summed E-state index contributed by atoms with van der Waals surface area (Å²) in [5.41, 5.74) is 5.81. The summed E-state index contributed by atoms with van der Waals surface area (Å²) in [6.45, 7) is 12.0. The molecule has 2 atom stereocenters. The molecule has 0 saturated heterocycles. The molecule has 2 nitrogen and oxygen atoms in total. The molecule has 2 rings (SSSR count). The van der Waals surface area contributed by atoms with Gasteiger partial charge in [0.05, 0.1) is 0 Å². The van der Waals surface area contributed by atoms with Gasteiger partial charge in [-0.05, 0) is 106 Å². The summed E-state index contributed by atoms with van der Waals surface area (Å²) in [5, 5.41) is 0. The molecule has 0 spiro atoms. The van der Waals surface area contributed by atoms with Crippen LogP contribution in [-0.2, 0) is 9.59 Å². The molecule has 2 aliphatic carbocycles. The highest BCUT2D eigenvalue weighted by atomic mass is 16.1. The molecule has 0 saturated carbocycles. The normalized spacial score (nSPS) is 20.7. The molecule has 0 N–H and O–H groups in total. The molecule has 0 aliphatic heterocycles. The predicted molar refractivity (Wildman–Crippen MR) is 130 cm³/mol. The van der Waals surface area contributed by atoms with Crippen LogP contribution in [0.25, 0.3) is 0 Å². The Kier molecular flexibility index (Phi) is 12.6. The van der Waals surface area contributed by atoms with Gasteiger partial charge in [-0.2, -0.15) is 0 Å². The van der Waals surface area contributed by atoms with Crippen molar-refractivity contribution >= 4 is 11.6 Å². The first-order valence-corrected chi connectivity index (χ1v) is 11.8. The van der Waals surface area contributed by atoms with Crippen LogP contribution in [0.4, 0.5) is 0 Å². The van der Waals surface area contributed by atoms with E-state index in [1.54, 1.807) is 19.4 Å². The van der Waals surface area contributed by atoms with Crippen LogP contribution >= 0.6 is 0 Å². The Morgan fingerprint density at radius 1 is 0.800 bits per heavy atom. The molecule has 2 aliphatic rings. The van der Waals surface area contributed by atoms with E-state index in [0.717, 1.165) is 57.8 Å². The van der Waals surface area contributed by atoms with Gasteiger partial charge in [-0.1, -0.05) is 46.6 Å². The zero-order chi connectivity index (χ0) is 22.5. The van der Waals surface area contributed by atoms with Crippen LogP contribution in [-0.4, -0.2) is 11.6 Å². The second kappa shape index (κ2) is 14.3. The Balaban J connectivity index is 0.000000300. The Labute approximate surface area is 185 Å². The fourth-order valence-corrected chi connectivity index (χ4v) is 4.12. The number of hydrogen-bond acceptors (Lipinski definition) is 2. The summed E-state index contributed by atoms with van der Waals surface area (Å²) in [4.78, 5) is 22.5. The van der Waals surface area contributed by atoms with Crippen molar-refractivity contribution < 1.29 is 9.59 Å². The highest BCUT2D eigenvalue weighted by Gasteiger charge is 2.19. The van der Waals surface area contributed by atoms with E-state index < -0.39 is 0 Å². The van der Waals surface area contributed by atoms with Gasteiger partial charge < -0.3 is 0 Å². The smallest absolute Gasteiger partial charge is 0.133 e. The predicted octanol–water partition coefficient (Wildman–Crippen LogP) is 8.10. The van der Waals surface area contributed by atoms with Gasteiger partial charge in [0.15, 0.2) is 0 Å². The van der Waals surface area contributed by atoms with E-state index in [0.29, 0.717) is 23.4 Å². The molecule has 0 aromatic rings. The summed E-state index contributed by atoms with van der Waals surface area (Å²) in [7, 11) is 0. The van der Waals surface area contributed by atoms with Gasteiger partial charge in [-0.3, -0.25) is 9.59 Å². The molecule has 0 radical (unpaired) electrons. The third-order valence-electron chi connectivity index (χ3n) is 6.15. The number of rotatable bonds is 8. The lowest BCUT2D eigenvalue weighted by Gasteiger charge is -2.20. The SMILES string of the molecule is CC(=O)C1CC=C(CCC=C(C)C)CC1.CC(=O)C1CCC=C(CCC=C(C)C)C1. The number of carbonyl (C=O) groups excluding carboxylic acids is 2. The largest absolute Gasteiger partial charge is 0.300 e. The minimum absolute atomic E-state index is 0.303. The molecule has 30 heavy (non-hydrogen) atoms. The van der Waals surface area contributed by atoms with Crippen LogP contribution < -0.4 is 0 Å². The number of ketones is 2. The van der Waals surface area contributed by atoms with Gasteiger partial charge in [0.25, 0.3) is 0 Å². The van der Waals surface area contributed by atoms with Crippen LogP contribution in [0.3, 0.4) is 0 Å². The van der Waals surface area contributed by atoms with Crippen molar-refractivity contribution in [2.45, 2.75) is 106 Å². The number of hydrogen-bond donors (Lipinski definition) is 0. The first-order chi connectivity index (χ1) is 14.2. The lowest BCUT2D eigenvalue weighted by atomic mass is 9.85. The molecule has 0 fully saturated rings. The van der Waals surface area contributed by atoms with Crippen molar-refractivity contribution in [1.82, 2.24) is 0 Å². The van der Waals surface area contributed by atoms with Gasteiger partial charge in [0.1, 0.15) is 11.6 Å². The first kappa shape index (κ1) is 26.3.